The Balaban J connectivity index is 2.22. The van der Waals surface area contributed by atoms with Gasteiger partial charge >= 0.3 is 0 Å². The molecular formula is C20H22F2N2O. The van der Waals surface area contributed by atoms with Gasteiger partial charge in [0.25, 0.3) is 0 Å². The predicted molar refractivity (Wildman–Crippen MR) is 96.9 cm³/mol. The quantitative estimate of drug-likeness (QED) is 0.636. The fourth-order valence-electron chi connectivity index (χ4n) is 3.24. The Hall–Kier alpha value is -2.40. The molecule has 0 fully saturated rings. The van der Waals surface area contributed by atoms with Crippen molar-refractivity contribution in [3.8, 4) is 17.0 Å². The Bertz CT molecular complexity index is 902. The molecule has 2 aromatic carbocycles. The maximum atomic E-state index is 14.4. The zero-order valence-electron chi connectivity index (χ0n) is 14.5. The monoisotopic (exact) mass is 344 g/mol. The van der Waals surface area contributed by atoms with Gasteiger partial charge in [-0.1, -0.05) is 0 Å². The van der Waals surface area contributed by atoms with E-state index in [1.165, 1.54) is 12.1 Å². The molecule has 25 heavy (non-hydrogen) atoms. The molecule has 0 saturated carbocycles. The standard InChI is InChI=1S/C20H22F2N2O/c1-12-9-14(25-2)11-17-15(5-3-4-8-23)20(24-19(12)17)16-7-6-13(21)10-18(16)22/h6-7,9-11,24H,3-5,8,23H2,1-2H3. The number of methoxy groups -OCH3 is 1. The van der Waals surface area contributed by atoms with Crippen molar-refractivity contribution in [3.63, 3.8) is 0 Å². The molecule has 0 aliphatic heterocycles. The Labute approximate surface area is 145 Å². The van der Waals surface area contributed by atoms with Crippen molar-refractivity contribution < 1.29 is 13.5 Å². The summed E-state index contributed by atoms with van der Waals surface area (Å²) in [5, 5.41) is 1.01. The van der Waals surface area contributed by atoms with Crippen LogP contribution in [0.1, 0.15) is 24.0 Å². The first-order valence-electron chi connectivity index (χ1n) is 8.39. The summed E-state index contributed by atoms with van der Waals surface area (Å²) in [7, 11) is 1.63. The number of ether oxygens (including phenoxy) is 1. The minimum atomic E-state index is -0.583. The molecule has 0 spiro atoms. The first-order chi connectivity index (χ1) is 12.0. The van der Waals surface area contributed by atoms with E-state index in [1.54, 1.807) is 7.11 Å². The molecule has 132 valence electrons. The topological polar surface area (TPSA) is 51.0 Å². The number of H-pyrrole nitrogens is 1. The van der Waals surface area contributed by atoms with Crippen LogP contribution in [0.4, 0.5) is 8.78 Å². The molecule has 3 aromatic rings. The minimum absolute atomic E-state index is 0.374. The largest absolute Gasteiger partial charge is 0.497 e. The Kier molecular flexibility index (Phi) is 5.04. The summed E-state index contributed by atoms with van der Waals surface area (Å²) in [6, 6.07) is 7.57. The van der Waals surface area contributed by atoms with Crippen LogP contribution in [0.25, 0.3) is 22.2 Å². The molecule has 0 unspecified atom stereocenters. The first kappa shape index (κ1) is 17.4. The lowest BCUT2D eigenvalue weighted by atomic mass is 9.99. The molecule has 1 heterocycles. The van der Waals surface area contributed by atoms with Crippen molar-refractivity contribution in [3.05, 3.63) is 53.1 Å². The lowest BCUT2D eigenvalue weighted by Gasteiger charge is -2.07. The highest BCUT2D eigenvalue weighted by atomic mass is 19.1. The van der Waals surface area contributed by atoms with Gasteiger partial charge in [0.2, 0.25) is 0 Å². The van der Waals surface area contributed by atoms with E-state index < -0.39 is 11.6 Å². The van der Waals surface area contributed by atoms with Crippen molar-refractivity contribution in [2.24, 2.45) is 5.73 Å². The molecule has 0 aliphatic rings. The van der Waals surface area contributed by atoms with Crippen molar-refractivity contribution in [1.29, 1.82) is 0 Å². The molecule has 0 radical (unpaired) electrons. The lowest BCUT2D eigenvalue weighted by molar-refractivity contribution is 0.415. The highest BCUT2D eigenvalue weighted by Gasteiger charge is 2.18. The number of unbranched alkanes of at least 4 members (excludes halogenated alkanes) is 1. The highest BCUT2D eigenvalue weighted by Crippen LogP contribution is 2.36. The van der Waals surface area contributed by atoms with Crippen molar-refractivity contribution >= 4 is 10.9 Å². The van der Waals surface area contributed by atoms with Crippen LogP contribution in [0.15, 0.2) is 30.3 Å². The van der Waals surface area contributed by atoms with Crippen LogP contribution in [0.2, 0.25) is 0 Å². The van der Waals surface area contributed by atoms with E-state index in [0.29, 0.717) is 17.8 Å². The third kappa shape index (κ3) is 3.37. The number of hydrogen-bond acceptors (Lipinski definition) is 2. The summed E-state index contributed by atoms with van der Waals surface area (Å²) in [4.78, 5) is 3.34. The van der Waals surface area contributed by atoms with Gasteiger partial charge in [0.05, 0.1) is 12.8 Å². The number of nitrogens with two attached hydrogens (primary N) is 1. The number of nitrogens with one attached hydrogen (secondary N) is 1. The van der Waals surface area contributed by atoms with E-state index in [-0.39, 0.29) is 0 Å². The average Bonchev–Trinajstić information content (AvgIpc) is 2.94. The highest BCUT2D eigenvalue weighted by molar-refractivity contribution is 5.93. The molecule has 3 N–H and O–H groups in total. The third-order valence-electron chi connectivity index (χ3n) is 4.50. The third-order valence-corrected chi connectivity index (χ3v) is 4.50. The molecule has 3 nitrogen and oxygen atoms in total. The van der Waals surface area contributed by atoms with Crippen LogP contribution in [0, 0.1) is 18.6 Å². The van der Waals surface area contributed by atoms with E-state index in [1.807, 2.05) is 19.1 Å². The number of hydrogen-bond donors (Lipinski definition) is 2. The summed E-state index contributed by atoms with van der Waals surface area (Å²) in [6.45, 7) is 2.60. The second-order valence-corrected chi connectivity index (χ2v) is 6.22. The second-order valence-electron chi connectivity index (χ2n) is 6.22. The van der Waals surface area contributed by atoms with Crippen molar-refractivity contribution in [1.82, 2.24) is 4.98 Å². The summed E-state index contributed by atoms with van der Waals surface area (Å²) in [5.41, 5.74) is 9.65. The minimum Gasteiger partial charge on any atom is -0.497 e. The van der Waals surface area contributed by atoms with Gasteiger partial charge in [0.15, 0.2) is 0 Å². The van der Waals surface area contributed by atoms with Crippen LogP contribution in [0.5, 0.6) is 5.75 Å². The number of aromatic amines is 1. The molecule has 0 amide bonds. The Morgan fingerprint density at radius 1 is 1.12 bits per heavy atom. The van der Waals surface area contributed by atoms with Gasteiger partial charge in [-0.05, 0) is 68.1 Å². The van der Waals surface area contributed by atoms with E-state index >= 15 is 0 Å². The second kappa shape index (κ2) is 7.23. The maximum Gasteiger partial charge on any atom is 0.135 e. The van der Waals surface area contributed by atoms with Crippen LogP contribution in [0.3, 0.4) is 0 Å². The van der Waals surface area contributed by atoms with E-state index in [0.717, 1.165) is 53.1 Å². The molecule has 0 bridgehead atoms. The number of fused-ring (bicyclic) bond motifs is 1. The van der Waals surface area contributed by atoms with Crippen LogP contribution in [-0.2, 0) is 6.42 Å². The van der Waals surface area contributed by atoms with Gasteiger partial charge in [-0.3, -0.25) is 0 Å². The zero-order valence-corrected chi connectivity index (χ0v) is 14.5. The molecule has 3 rings (SSSR count). The summed E-state index contributed by atoms with van der Waals surface area (Å²) in [6.07, 6.45) is 2.55. The van der Waals surface area contributed by atoms with Gasteiger partial charge in [-0.2, -0.15) is 0 Å². The molecule has 1 aromatic heterocycles. The van der Waals surface area contributed by atoms with E-state index in [4.69, 9.17) is 10.5 Å². The lowest BCUT2D eigenvalue weighted by Crippen LogP contribution is -1.99. The molecule has 0 aliphatic carbocycles. The van der Waals surface area contributed by atoms with E-state index in [9.17, 15) is 8.78 Å². The van der Waals surface area contributed by atoms with Gasteiger partial charge in [0.1, 0.15) is 17.4 Å². The molecule has 5 heteroatoms. The van der Waals surface area contributed by atoms with Crippen molar-refractivity contribution in [2.75, 3.05) is 13.7 Å². The average molecular weight is 344 g/mol. The zero-order chi connectivity index (χ0) is 18.0. The van der Waals surface area contributed by atoms with Crippen molar-refractivity contribution in [2.45, 2.75) is 26.2 Å². The first-order valence-corrected chi connectivity index (χ1v) is 8.39. The Morgan fingerprint density at radius 2 is 1.92 bits per heavy atom. The van der Waals surface area contributed by atoms with Gasteiger partial charge in [-0.25, -0.2) is 8.78 Å². The van der Waals surface area contributed by atoms with Gasteiger partial charge < -0.3 is 15.5 Å². The fraction of sp³-hybridized carbons (Fsp3) is 0.300. The predicted octanol–water partition coefficient (Wildman–Crippen LogP) is 4.71. The normalized spacial score (nSPS) is 11.2. The molecular weight excluding hydrogens is 322 g/mol. The van der Waals surface area contributed by atoms with Crippen LogP contribution >= 0.6 is 0 Å². The Morgan fingerprint density at radius 3 is 2.60 bits per heavy atom. The maximum absolute atomic E-state index is 14.4. The number of rotatable bonds is 6. The number of aromatic nitrogens is 1. The van der Waals surface area contributed by atoms with Crippen LogP contribution in [-0.4, -0.2) is 18.6 Å². The van der Waals surface area contributed by atoms with E-state index in [2.05, 4.69) is 4.98 Å². The summed E-state index contributed by atoms with van der Waals surface area (Å²) in [5.74, 6) is -0.397. The summed E-state index contributed by atoms with van der Waals surface area (Å²) >= 11 is 0. The van der Waals surface area contributed by atoms with Gasteiger partial charge in [-0.15, -0.1) is 0 Å². The number of benzene rings is 2. The molecule has 0 atom stereocenters. The number of aryl methyl sites for hydroxylation is 2. The smallest absolute Gasteiger partial charge is 0.135 e. The summed E-state index contributed by atoms with van der Waals surface area (Å²) < 4.78 is 33.1. The fourth-order valence-corrected chi connectivity index (χ4v) is 3.24. The number of halogens is 2. The SMILES string of the molecule is COc1cc(C)c2[nH]c(-c3ccc(F)cc3F)c(CCCCN)c2c1. The van der Waals surface area contributed by atoms with Crippen LogP contribution < -0.4 is 10.5 Å². The van der Waals surface area contributed by atoms with Gasteiger partial charge in [0, 0.05) is 22.5 Å². The molecule has 0 saturated heterocycles.